The molecule has 1 aliphatic rings. The number of carbonyl (C=O) groups is 2. The van der Waals surface area contributed by atoms with Gasteiger partial charge in [0.15, 0.2) is 0 Å². The zero-order valence-corrected chi connectivity index (χ0v) is 18.1. The average molecular weight is 466 g/mol. The molecule has 1 aliphatic heterocycles. The molecule has 0 radical (unpaired) electrons. The summed E-state index contributed by atoms with van der Waals surface area (Å²) in [7, 11) is 0. The average Bonchev–Trinajstić information content (AvgIpc) is 3.19. The summed E-state index contributed by atoms with van der Waals surface area (Å²) in [5.41, 5.74) is 5.20. The highest BCUT2D eigenvalue weighted by molar-refractivity contribution is 9.10. The fraction of sp³-hybridized carbons (Fsp3) is 0.130. The largest absolute Gasteiger partial charge is 0.489 e. The van der Waals surface area contributed by atoms with Crippen molar-refractivity contribution < 1.29 is 14.3 Å². The van der Waals surface area contributed by atoms with Crippen LogP contribution < -0.4 is 15.4 Å². The van der Waals surface area contributed by atoms with E-state index in [0.29, 0.717) is 6.61 Å². The van der Waals surface area contributed by atoms with Gasteiger partial charge in [-0.3, -0.25) is 10.1 Å². The molecule has 6 nitrogen and oxygen atoms in total. The number of aryl methyl sites for hydroxylation is 1. The summed E-state index contributed by atoms with van der Waals surface area (Å²) in [6, 6.07) is 17.4. The molecule has 1 saturated heterocycles. The first kappa shape index (κ1) is 20.0. The van der Waals surface area contributed by atoms with Gasteiger partial charge in [0.05, 0.1) is 0 Å². The number of benzene rings is 2. The molecule has 0 unspecified atom stereocenters. The molecular weight excluding hydrogens is 446 g/mol. The van der Waals surface area contributed by atoms with Crippen LogP contribution in [0.2, 0.25) is 0 Å². The van der Waals surface area contributed by atoms with Crippen LogP contribution in [0.25, 0.3) is 11.8 Å². The first-order chi connectivity index (χ1) is 14.4. The highest BCUT2D eigenvalue weighted by Gasteiger charge is 2.23. The lowest BCUT2D eigenvalue weighted by Gasteiger charge is -2.12. The molecule has 4 rings (SSSR count). The van der Waals surface area contributed by atoms with Crippen molar-refractivity contribution in [1.29, 1.82) is 0 Å². The Balaban J connectivity index is 1.52. The fourth-order valence-electron chi connectivity index (χ4n) is 3.41. The molecule has 2 heterocycles. The Morgan fingerprint density at radius 1 is 1.00 bits per heavy atom. The highest BCUT2D eigenvalue weighted by atomic mass is 79.9. The zero-order valence-electron chi connectivity index (χ0n) is 16.5. The molecule has 0 saturated carbocycles. The van der Waals surface area contributed by atoms with Crippen molar-refractivity contribution in [3.63, 3.8) is 0 Å². The van der Waals surface area contributed by atoms with Crippen molar-refractivity contribution in [3.8, 4) is 11.4 Å². The van der Waals surface area contributed by atoms with Crippen LogP contribution >= 0.6 is 15.9 Å². The molecule has 0 bridgehead atoms. The number of amides is 3. The van der Waals surface area contributed by atoms with E-state index < -0.39 is 11.9 Å². The maximum absolute atomic E-state index is 11.8. The van der Waals surface area contributed by atoms with Crippen molar-refractivity contribution >= 4 is 33.9 Å². The van der Waals surface area contributed by atoms with E-state index in [1.807, 2.05) is 68.4 Å². The van der Waals surface area contributed by atoms with Gasteiger partial charge in [-0.2, -0.15) is 0 Å². The van der Waals surface area contributed by atoms with Crippen molar-refractivity contribution in [1.82, 2.24) is 15.2 Å². The Kier molecular flexibility index (Phi) is 5.46. The topological polar surface area (TPSA) is 72.4 Å². The molecule has 0 atom stereocenters. The Bertz CT molecular complexity index is 1150. The predicted molar refractivity (Wildman–Crippen MR) is 118 cm³/mol. The number of rotatable bonds is 5. The summed E-state index contributed by atoms with van der Waals surface area (Å²) in [4.78, 5) is 23.1. The van der Waals surface area contributed by atoms with Crippen molar-refractivity contribution in [3.05, 3.63) is 87.3 Å². The standard InChI is InChI=1S/C23H20BrN3O3/c1-14-11-17(12-21-22(28)26-23(29)25-21)15(2)27(14)19-7-9-20(10-8-19)30-13-16-3-5-18(24)6-4-16/h3-12H,13H2,1-2H3,(H2,25,26,28,29). The number of urea groups is 1. The van der Waals surface area contributed by atoms with Crippen LogP contribution in [0, 0.1) is 13.8 Å². The van der Waals surface area contributed by atoms with Crippen LogP contribution in [-0.2, 0) is 11.4 Å². The van der Waals surface area contributed by atoms with Crippen LogP contribution in [0.15, 0.2) is 64.8 Å². The summed E-state index contributed by atoms with van der Waals surface area (Å²) in [6.07, 6.45) is 1.69. The van der Waals surface area contributed by atoms with Gasteiger partial charge < -0.3 is 14.6 Å². The van der Waals surface area contributed by atoms with Crippen molar-refractivity contribution in [2.75, 3.05) is 0 Å². The summed E-state index contributed by atoms with van der Waals surface area (Å²) < 4.78 is 9.02. The monoisotopic (exact) mass is 465 g/mol. The molecule has 2 N–H and O–H groups in total. The zero-order chi connectivity index (χ0) is 21.3. The van der Waals surface area contributed by atoms with Crippen molar-refractivity contribution in [2.45, 2.75) is 20.5 Å². The Hall–Kier alpha value is -3.32. The Morgan fingerprint density at radius 3 is 2.33 bits per heavy atom. The van der Waals surface area contributed by atoms with Crippen LogP contribution in [0.1, 0.15) is 22.5 Å². The third-order valence-corrected chi connectivity index (χ3v) is 5.43. The number of nitrogens with one attached hydrogen (secondary N) is 2. The lowest BCUT2D eigenvalue weighted by molar-refractivity contribution is -0.115. The van der Waals surface area contributed by atoms with E-state index in [2.05, 4.69) is 31.1 Å². The number of hydrogen-bond acceptors (Lipinski definition) is 3. The third-order valence-electron chi connectivity index (χ3n) is 4.90. The first-order valence-corrected chi connectivity index (χ1v) is 10.2. The molecule has 7 heteroatoms. The van der Waals surface area contributed by atoms with E-state index in [0.717, 1.165) is 38.4 Å². The van der Waals surface area contributed by atoms with Gasteiger partial charge in [-0.15, -0.1) is 0 Å². The third kappa shape index (κ3) is 4.16. The molecule has 152 valence electrons. The second-order valence-electron chi connectivity index (χ2n) is 7.04. The highest BCUT2D eigenvalue weighted by Crippen LogP contribution is 2.25. The van der Waals surface area contributed by atoms with Gasteiger partial charge in [0, 0.05) is 21.5 Å². The Morgan fingerprint density at radius 2 is 1.70 bits per heavy atom. The molecule has 1 aromatic heterocycles. The van der Waals surface area contributed by atoms with E-state index in [1.165, 1.54) is 0 Å². The summed E-state index contributed by atoms with van der Waals surface area (Å²) in [5, 5.41) is 4.73. The molecule has 30 heavy (non-hydrogen) atoms. The number of aromatic nitrogens is 1. The minimum absolute atomic E-state index is 0.247. The van der Waals surface area contributed by atoms with E-state index in [4.69, 9.17) is 4.74 Å². The van der Waals surface area contributed by atoms with Crippen LogP contribution in [0.4, 0.5) is 4.79 Å². The van der Waals surface area contributed by atoms with Crippen LogP contribution in [-0.4, -0.2) is 16.5 Å². The summed E-state index contributed by atoms with van der Waals surface area (Å²) >= 11 is 3.43. The number of halogens is 1. The predicted octanol–water partition coefficient (Wildman–Crippen LogP) is 4.62. The normalized spacial score (nSPS) is 14.7. The maximum atomic E-state index is 11.8. The van der Waals surface area contributed by atoms with Crippen molar-refractivity contribution in [2.24, 2.45) is 0 Å². The first-order valence-electron chi connectivity index (χ1n) is 9.41. The summed E-state index contributed by atoms with van der Waals surface area (Å²) in [6.45, 7) is 4.48. The van der Waals surface area contributed by atoms with Gasteiger partial charge in [0.2, 0.25) is 0 Å². The number of nitrogens with zero attached hydrogens (tertiary/aromatic N) is 1. The fourth-order valence-corrected chi connectivity index (χ4v) is 3.67. The number of hydrogen-bond donors (Lipinski definition) is 2. The van der Waals surface area contributed by atoms with Crippen LogP contribution in [0.3, 0.4) is 0 Å². The maximum Gasteiger partial charge on any atom is 0.326 e. The van der Waals surface area contributed by atoms with E-state index in [9.17, 15) is 9.59 Å². The van der Waals surface area contributed by atoms with Gasteiger partial charge in [0.25, 0.3) is 5.91 Å². The SMILES string of the molecule is Cc1cc(C=C2NC(=O)NC2=O)c(C)n1-c1ccc(OCc2ccc(Br)cc2)cc1. The molecule has 0 aliphatic carbocycles. The van der Waals surface area contributed by atoms with E-state index in [-0.39, 0.29) is 5.70 Å². The minimum Gasteiger partial charge on any atom is -0.489 e. The molecule has 2 aromatic carbocycles. The quantitative estimate of drug-likeness (QED) is 0.426. The lowest BCUT2D eigenvalue weighted by Crippen LogP contribution is -2.22. The van der Waals surface area contributed by atoms with E-state index in [1.54, 1.807) is 6.08 Å². The second kappa shape index (κ2) is 8.20. The molecule has 0 spiro atoms. The smallest absolute Gasteiger partial charge is 0.326 e. The van der Waals surface area contributed by atoms with Gasteiger partial charge in [-0.25, -0.2) is 4.79 Å². The number of carbonyl (C=O) groups excluding carboxylic acids is 2. The molecule has 1 fully saturated rings. The van der Waals surface area contributed by atoms with Gasteiger partial charge >= 0.3 is 6.03 Å². The summed E-state index contributed by atoms with van der Waals surface area (Å²) in [5.74, 6) is 0.369. The molecule has 3 amide bonds. The van der Waals surface area contributed by atoms with Gasteiger partial charge in [-0.1, -0.05) is 28.1 Å². The molecular formula is C23H20BrN3O3. The van der Waals surface area contributed by atoms with E-state index >= 15 is 0 Å². The Labute approximate surface area is 182 Å². The number of ether oxygens (including phenoxy) is 1. The molecule has 3 aromatic rings. The minimum atomic E-state index is -0.501. The lowest BCUT2D eigenvalue weighted by atomic mass is 10.2. The van der Waals surface area contributed by atoms with Gasteiger partial charge in [0.1, 0.15) is 18.1 Å². The second-order valence-corrected chi connectivity index (χ2v) is 7.95. The van der Waals surface area contributed by atoms with Crippen LogP contribution in [0.5, 0.6) is 5.75 Å². The van der Waals surface area contributed by atoms with Gasteiger partial charge in [-0.05, 0) is 73.5 Å². The number of imide groups is 1.